The van der Waals surface area contributed by atoms with Gasteiger partial charge in [-0.2, -0.15) is 0 Å². The number of methoxy groups -OCH3 is 1. The third kappa shape index (κ3) is 3.46. The molecule has 2 fully saturated rings. The molecule has 0 aromatic carbocycles. The summed E-state index contributed by atoms with van der Waals surface area (Å²) in [4.78, 5) is 2.77. The Balaban J connectivity index is 1.97. The first kappa shape index (κ1) is 14.3. The quantitative estimate of drug-likeness (QED) is 0.791. The number of rotatable bonds is 6. The van der Waals surface area contributed by atoms with Gasteiger partial charge in [0, 0.05) is 19.2 Å². The molecule has 1 aliphatic heterocycles. The second-order valence-electron chi connectivity index (χ2n) is 6.03. The summed E-state index contributed by atoms with van der Waals surface area (Å²) in [5.74, 6) is 0.963. The van der Waals surface area contributed by atoms with Crippen molar-refractivity contribution in [3.8, 4) is 0 Å². The monoisotopic (exact) mass is 254 g/mol. The number of piperidine rings is 1. The molecule has 3 heteroatoms. The molecule has 0 aromatic heterocycles. The average Bonchev–Trinajstić information content (AvgIpc) is 2.43. The Morgan fingerprint density at radius 3 is 2.78 bits per heavy atom. The van der Waals surface area contributed by atoms with Crippen molar-refractivity contribution < 1.29 is 4.74 Å². The van der Waals surface area contributed by atoms with E-state index in [9.17, 15) is 0 Å². The summed E-state index contributed by atoms with van der Waals surface area (Å²) in [7, 11) is 1.83. The zero-order chi connectivity index (χ0) is 12.8. The minimum absolute atomic E-state index is 0.601. The van der Waals surface area contributed by atoms with Crippen LogP contribution in [0.1, 0.15) is 51.4 Å². The lowest BCUT2D eigenvalue weighted by molar-refractivity contribution is -0.00678. The normalized spacial score (nSPS) is 31.0. The molecule has 1 saturated carbocycles. The van der Waals surface area contributed by atoms with Crippen molar-refractivity contribution in [2.45, 2.75) is 63.5 Å². The maximum Gasteiger partial charge on any atom is 0.0618 e. The Labute approximate surface area is 112 Å². The van der Waals surface area contributed by atoms with Crippen molar-refractivity contribution in [1.82, 2.24) is 4.90 Å². The van der Waals surface area contributed by atoms with Crippen molar-refractivity contribution in [3.63, 3.8) is 0 Å². The van der Waals surface area contributed by atoms with Gasteiger partial charge in [0.25, 0.3) is 0 Å². The van der Waals surface area contributed by atoms with Crippen LogP contribution in [0.2, 0.25) is 0 Å². The summed E-state index contributed by atoms with van der Waals surface area (Å²) >= 11 is 0. The summed E-state index contributed by atoms with van der Waals surface area (Å²) in [6, 6.07) is 1.44. The molecule has 0 bridgehead atoms. The van der Waals surface area contributed by atoms with E-state index in [1.54, 1.807) is 0 Å². The maximum absolute atomic E-state index is 5.67. The van der Waals surface area contributed by atoms with E-state index < -0.39 is 0 Å². The zero-order valence-corrected chi connectivity index (χ0v) is 11.9. The van der Waals surface area contributed by atoms with Gasteiger partial charge >= 0.3 is 0 Å². The minimum Gasteiger partial charge on any atom is -0.383 e. The predicted octanol–water partition coefficient (Wildman–Crippen LogP) is 2.39. The first-order chi connectivity index (χ1) is 8.86. The first-order valence-electron chi connectivity index (χ1n) is 7.81. The van der Waals surface area contributed by atoms with E-state index in [0.29, 0.717) is 6.04 Å². The van der Waals surface area contributed by atoms with Gasteiger partial charge in [0.1, 0.15) is 0 Å². The lowest BCUT2D eigenvalue weighted by Gasteiger charge is -2.47. The van der Waals surface area contributed by atoms with Crippen LogP contribution in [0.15, 0.2) is 0 Å². The Morgan fingerprint density at radius 1 is 1.22 bits per heavy atom. The predicted molar refractivity (Wildman–Crippen MR) is 75.6 cm³/mol. The molecule has 0 spiro atoms. The van der Waals surface area contributed by atoms with E-state index in [1.165, 1.54) is 51.5 Å². The molecule has 3 atom stereocenters. The standard InChI is InChI=1S/C15H30N2O/c1-18-12-14(8-4-10-16)17-11-5-7-13-6-2-3-9-15(13)17/h13-15H,2-12,16H2,1H3/t13-,14?,15-/m1/s1. The van der Waals surface area contributed by atoms with E-state index in [1.807, 2.05) is 7.11 Å². The maximum atomic E-state index is 5.67. The number of nitrogens with zero attached hydrogens (tertiary/aromatic N) is 1. The minimum atomic E-state index is 0.601. The molecule has 1 saturated heterocycles. The van der Waals surface area contributed by atoms with Gasteiger partial charge in [-0.15, -0.1) is 0 Å². The number of hydrogen-bond acceptors (Lipinski definition) is 3. The fourth-order valence-electron chi connectivity index (χ4n) is 4.01. The molecule has 0 radical (unpaired) electrons. The molecule has 1 heterocycles. The first-order valence-corrected chi connectivity index (χ1v) is 7.81. The van der Waals surface area contributed by atoms with Crippen LogP contribution < -0.4 is 5.73 Å². The van der Waals surface area contributed by atoms with Crippen LogP contribution in [-0.2, 0) is 4.74 Å². The Bertz CT molecular complexity index is 233. The van der Waals surface area contributed by atoms with Gasteiger partial charge in [0.05, 0.1) is 6.61 Å². The molecule has 2 rings (SSSR count). The number of hydrogen-bond donors (Lipinski definition) is 1. The van der Waals surface area contributed by atoms with Crippen LogP contribution in [0.3, 0.4) is 0 Å². The molecular formula is C15H30N2O. The fourth-order valence-corrected chi connectivity index (χ4v) is 4.01. The highest BCUT2D eigenvalue weighted by atomic mass is 16.5. The van der Waals surface area contributed by atoms with Gasteiger partial charge in [-0.1, -0.05) is 12.8 Å². The van der Waals surface area contributed by atoms with Crippen molar-refractivity contribution in [2.75, 3.05) is 26.8 Å². The van der Waals surface area contributed by atoms with Crippen LogP contribution in [0.25, 0.3) is 0 Å². The average molecular weight is 254 g/mol. The van der Waals surface area contributed by atoms with Crippen LogP contribution in [0.4, 0.5) is 0 Å². The summed E-state index contributed by atoms with van der Waals surface area (Å²) in [6.45, 7) is 2.96. The van der Waals surface area contributed by atoms with Gasteiger partial charge in [-0.25, -0.2) is 0 Å². The second-order valence-corrected chi connectivity index (χ2v) is 6.03. The second kappa shape index (κ2) is 7.46. The summed E-state index contributed by atoms with van der Waals surface area (Å²) < 4.78 is 5.45. The van der Waals surface area contributed by atoms with Gasteiger partial charge < -0.3 is 10.5 Å². The third-order valence-electron chi connectivity index (χ3n) is 4.86. The van der Waals surface area contributed by atoms with Crippen LogP contribution in [0.5, 0.6) is 0 Å². The zero-order valence-electron chi connectivity index (χ0n) is 11.9. The van der Waals surface area contributed by atoms with E-state index in [-0.39, 0.29) is 0 Å². The van der Waals surface area contributed by atoms with E-state index in [0.717, 1.165) is 31.5 Å². The highest BCUT2D eigenvalue weighted by Gasteiger charge is 2.36. The largest absolute Gasteiger partial charge is 0.383 e. The molecule has 1 unspecified atom stereocenters. The molecule has 106 valence electrons. The van der Waals surface area contributed by atoms with Crippen molar-refractivity contribution in [3.05, 3.63) is 0 Å². The molecule has 3 nitrogen and oxygen atoms in total. The summed E-state index contributed by atoms with van der Waals surface area (Å²) in [5, 5.41) is 0. The molecule has 18 heavy (non-hydrogen) atoms. The molecule has 1 aliphatic carbocycles. The molecular weight excluding hydrogens is 224 g/mol. The topological polar surface area (TPSA) is 38.5 Å². The van der Waals surface area contributed by atoms with Crippen LogP contribution in [0, 0.1) is 5.92 Å². The van der Waals surface area contributed by atoms with Gasteiger partial charge in [-0.3, -0.25) is 4.90 Å². The van der Waals surface area contributed by atoms with Crippen LogP contribution in [-0.4, -0.2) is 43.8 Å². The number of ether oxygens (including phenoxy) is 1. The highest BCUT2D eigenvalue weighted by molar-refractivity contribution is 4.90. The number of likely N-dealkylation sites (tertiary alicyclic amines) is 1. The Morgan fingerprint density at radius 2 is 2.00 bits per heavy atom. The van der Waals surface area contributed by atoms with Crippen LogP contribution >= 0.6 is 0 Å². The Hall–Kier alpha value is -0.120. The van der Waals surface area contributed by atoms with E-state index in [4.69, 9.17) is 10.5 Å². The van der Waals surface area contributed by atoms with E-state index >= 15 is 0 Å². The van der Waals surface area contributed by atoms with E-state index in [2.05, 4.69) is 4.90 Å². The molecule has 2 aliphatic rings. The van der Waals surface area contributed by atoms with Crippen molar-refractivity contribution in [2.24, 2.45) is 11.7 Å². The summed E-state index contributed by atoms with van der Waals surface area (Å²) in [5.41, 5.74) is 5.67. The van der Waals surface area contributed by atoms with Gasteiger partial charge in [0.15, 0.2) is 0 Å². The highest BCUT2D eigenvalue weighted by Crippen LogP contribution is 2.36. The lowest BCUT2D eigenvalue weighted by atomic mass is 9.77. The molecule has 0 aromatic rings. The summed E-state index contributed by atoms with van der Waals surface area (Å²) in [6.07, 6.45) is 10.9. The molecule has 2 N–H and O–H groups in total. The number of nitrogens with two attached hydrogens (primary N) is 1. The SMILES string of the molecule is COCC(CCCN)N1CCC[C@H]2CCCC[C@H]21. The fraction of sp³-hybridized carbons (Fsp3) is 1.00. The smallest absolute Gasteiger partial charge is 0.0618 e. The van der Waals surface area contributed by atoms with Gasteiger partial charge in [-0.05, 0) is 57.5 Å². The lowest BCUT2D eigenvalue weighted by Crippen LogP contribution is -2.53. The third-order valence-corrected chi connectivity index (χ3v) is 4.86. The van der Waals surface area contributed by atoms with Gasteiger partial charge in [0.2, 0.25) is 0 Å². The Kier molecular flexibility index (Phi) is 5.93. The molecule has 0 amide bonds. The number of fused-ring (bicyclic) bond motifs is 1. The van der Waals surface area contributed by atoms with Crippen molar-refractivity contribution in [1.29, 1.82) is 0 Å². The van der Waals surface area contributed by atoms with Crippen molar-refractivity contribution >= 4 is 0 Å².